The summed E-state index contributed by atoms with van der Waals surface area (Å²) < 4.78 is 11.2. The van der Waals surface area contributed by atoms with E-state index in [1.807, 2.05) is 37.3 Å². The first-order chi connectivity index (χ1) is 14.2. The number of nitrogens with one attached hydrogen (secondary N) is 2. The van der Waals surface area contributed by atoms with Crippen molar-refractivity contribution in [2.45, 2.75) is 39.3 Å². The van der Waals surface area contributed by atoms with Gasteiger partial charge in [-0.25, -0.2) is 9.98 Å². The third-order valence-corrected chi connectivity index (χ3v) is 6.02. The molecule has 6 nitrogen and oxygen atoms in total. The zero-order valence-electron chi connectivity index (χ0n) is 16.8. The van der Waals surface area contributed by atoms with Gasteiger partial charge in [0.25, 0.3) is 0 Å². The maximum atomic E-state index is 5.79. The summed E-state index contributed by atoms with van der Waals surface area (Å²) in [5.74, 6) is 2.68. The van der Waals surface area contributed by atoms with Crippen molar-refractivity contribution in [2.24, 2.45) is 4.99 Å². The van der Waals surface area contributed by atoms with E-state index >= 15 is 0 Å². The Kier molecular flexibility index (Phi) is 6.14. The fourth-order valence-electron chi connectivity index (χ4n) is 3.32. The number of aliphatic imine (C=N–C) groups is 1. The zero-order valence-corrected chi connectivity index (χ0v) is 17.6. The Morgan fingerprint density at radius 2 is 2.14 bits per heavy atom. The Hall–Kier alpha value is -2.80. The predicted molar refractivity (Wildman–Crippen MR) is 116 cm³/mol. The van der Waals surface area contributed by atoms with Crippen LogP contribution < -0.4 is 15.4 Å². The molecule has 0 spiro atoms. The smallest absolute Gasteiger partial charge is 0.192 e. The molecular weight excluding hydrogens is 384 g/mol. The van der Waals surface area contributed by atoms with E-state index in [1.165, 1.54) is 10.4 Å². The highest BCUT2D eigenvalue weighted by Crippen LogP contribution is 2.31. The van der Waals surface area contributed by atoms with Gasteiger partial charge in [0.1, 0.15) is 16.5 Å². The van der Waals surface area contributed by atoms with Gasteiger partial charge in [0.15, 0.2) is 5.96 Å². The van der Waals surface area contributed by atoms with E-state index in [-0.39, 0.29) is 6.04 Å². The van der Waals surface area contributed by atoms with Gasteiger partial charge in [-0.2, -0.15) is 0 Å². The Bertz CT molecular complexity index is 946. The first-order valence-electron chi connectivity index (χ1n) is 9.91. The molecule has 0 radical (unpaired) electrons. The van der Waals surface area contributed by atoms with Crippen LogP contribution in [0.3, 0.4) is 0 Å². The lowest BCUT2D eigenvalue weighted by Crippen LogP contribution is -2.41. The van der Waals surface area contributed by atoms with Crippen LogP contribution in [0.25, 0.3) is 0 Å². The van der Waals surface area contributed by atoms with E-state index < -0.39 is 0 Å². The van der Waals surface area contributed by atoms with E-state index in [0.717, 1.165) is 47.6 Å². The van der Waals surface area contributed by atoms with Crippen LogP contribution in [0, 0.1) is 13.8 Å². The second-order valence-electron chi connectivity index (χ2n) is 7.04. The average molecular weight is 411 g/mol. The van der Waals surface area contributed by atoms with Gasteiger partial charge >= 0.3 is 0 Å². The van der Waals surface area contributed by atoms with Crippen molar-refractivity contribution in [1.82, 2.24) is 15.6 Å². The third kappa shape index (κ3) is 4.98. The molecule has 152 valence electrons. The number of fused-ring (bicyclic) bond motifs is 1. The molecule has 2 N–H and O–H groups in total. The molecule has 0 saturated carbocycles. The molecule has 29 heavy (non-hydrogen) atoms. The lowest BCUT2D eigenvalue weighted by Gasteiger charge is -2.28. The van der Waals surface area contributed by atoms with Crippen LogP contribution in [0.1, 0.15) is 39.4 Å². The second kappa shape index (κ2) is 9.13. The van der Waals surface area contributed by atoms with E-state index in [1.54, 1.807) is 17.6 Å². The molecule has 1 aliphatic rings. The van der Waals surface area contributed by atoms with Crippen molar-refractivity contribution in [2.75, 3.05) is 13.2 Å². The minimum absolute atomic E-state index is 0.162. The van der Waals surface area contributed by atoms with Crippen LogP contribution in [0.15, 0.2) is 52.1 Å². The van der Waals surface area contributed by atoms with Crippen LogP contribution in [0.4, 0.5) is 0 Å². The SMILES string of the molecule is Cc1nc(CN=C(NCCc2ccco2)NC2CCOc3ccccc32)sc1C. The molecule has 0 bridgehead atoms. The van der Waals surface area contributed by atoms with Gasteiger partial charge in [0, 0.05) is 29.8 Å². The summed E-state index contributed by atoms with van der Waals surface area (Å²) in [5.41, 5.74) is 2.25. The molecule has 2 aromatic heterocycles. The summed E-state index contributed by atoms with van der Waals surface area (Å²) in [5, 5.41) is 8.06. The van der Waals surface area contributed by atoms with Crippen molar-refractivity contribution in [1.29, 1.82) is 0 Å². The minimum Gasteiger partial charge on any atom is -0.493 e. The molecular formula is C22H26N4O2S. The van der Waals surface area contributed by atoms with E-state index in [9.17, 15) is 0 Å². The maximum absolute atomic E-state index is 5.79. The quantitative estimate of drug-likeness (QED) is 0.472. The minimum atomic E-state index is 0.162. The summed E-state index contributed by atoms with van der Waals surface area (Å²) in [6, 6.07) is 12.2. The second-order valence-corrected chi connectivity index (χ2v) is 8.33. The number of aromatic nitrogens is 1. The van der Waals surface area contributed by atoms with Crippen LogP contribution >= 0.6 is 11.3 Å². The van der Waals surface area contributed by atoms with Crippen LogP contribution in [-0.2, 0) is 13.0 Å². The number of nitrogens with zero attached hydrogens (tertiary/aromatic N) is 2. The summed E-state index contributed by atoms with van der Waals surface area (Å²) in [7, 11) is 0. The number of hydrogen-bond donors (Lipinski definition) is 2. The van der Waals surface area contributed by atoms with Crippen LogP contribution in [0.2, 0.25) is 0 Å². The standard InChI is InChI=1S/C22H26N4O2S/c1-15-16(2)29-21(25-15)14-24-22(23-11-9-17-6-5-12-27-17)26-19-10-13-28-20-8-4-3-7-18(19)20/h3-8,12,19H,9-11,13-14H2,1-2H3,(H2,23,24,26). The average Bonchev–Trinajstić information content (AvgIpc) is 3.36. The number of rotatable bonds is 6. The van der Waals surface area contributed by atoms with Gasteiger partial charge in [0.2, 0.25) is 0 Å². The molecule has 0 saturated heterocycles. The maximum Gasteiger partial charge on any atom is 0.192 e. The number of furan rings is 1. The Labute approximate surface area is 175 Å². The molecule has 3 aromatic rings. The fourth-order valence-corrected chi connectivity index (χ4v) is 4.18. The number of benzene rings is 1. The van der Waals surface area contributed by atoms with Crippen LogP contribution in [0.5, 0.6) is 5.75 Å². The molecule has 1 atom stereocenters. The first-order valence-corrected chi connectivity index (χ1v) is 10.7. The topological polar surface area (TPSA) is 71.7 Å². The van der Waals surface area contributed by atoms with Crippen molar-refractivity contribution < 1.29 is 9.15 Å². The summed E-state index contributed by atoms with van der Waals surface area (Å²) in [6.07, 6.45) is 3.40. The number of hydrogen-bond acceptors (Lipinski definition) is 5. The predicted octanol–water partition coefficient (Wildman–Crippen LogP) is 4.15. The van der Waals surface area contributed by atoms with Crippen molar-refractivity contribution in [3.8, 4) is 5.75 Å². The molecule has 1 unspecified atom stereocenters. The van der Waals surface area contributed by atoms with Crippen molar-refractivity contribution in [3.05, 3.63) is 69.6 Å². The summed E-state index contributed by atoms with van der Waals surface area (Å²) in [6.45, 7) is 6.12. The van der Waals surface area contributed by atoms with Gasteiger partial charge in [0.05, 0.1) is 31.2 Å². The first kappa shape index (κ1) is 19.5. The Morgan fingerprint density at radius 3 is 2.93 bits per heavy atom. The highest BCUT2D eigenvalue weighted by molar-refractivity contribution is 7.11. The van der Waals surface area contributed by atoms with Gasteiger partial charge in [-0.05, 0) is 32.0 Å². The number of para-hydroxylation sites is 1. The number of ether oxygens (including phenoxy) is 1. The molecule has 0 aliphatic carbocycles. The molecule has 4 rings (SSSR count). The highest BCUT2D eigenvalue weighted by Gasteiger charge is 2.22. The largest absolute Gasteiger partial charge is 0.493 e. The molecule has 1 aromatic carbocycles. The van der Waals surface area contributed by atoms with Crippen molar-refractivity contribution >= 4 is 17.3 Å². The third-order valence-electron chi connectivity index (χ3n) is 4.96. The highest BCUT2D eigenvalue weighted by atomic mass is 32.1. The van der Waals surface area contributed by atoms with E-state index in [2.05, 4.69) is 28.6 Å². The van der Waals surface area contributed by atoms with Gasteiger partial charge in [-0.3, -0.25) is 0 Å². The molecule has 0 fully saturated rings. The Balaban J connectivity index is 1.47. The van der Waals surface area contributed by atoms with Gasteiger partial charge in [-0.15, -0.1) is 11.3 Å². The monoisotopic (exact) mass is 410 g/mol. The molecule has 1 aliphatic heterocycles. The Morgan fingerprint density at radius 1 is 1.24 bits per heavy atom. The normalized spacial score (nSPS) is 16.2. The fraction of sp³-hybridized carbons (Fsp3) is 0.364. The molecule has 0 amide bonds. The van der Waals surface area contributed by atoms with Gasteiger partial charge < -0.3 is 19.8 Å². The van der Waals surface area contributed by atoms with Crippen LogP contribution in [-0.4, -0.2) is 24.1 Å². The summed E-state index contributed by atoms with van der Waals surface area (Å²) in [4.78, 5) is 10.7. The number of aryl methyl sites for hydroxylation is 2. The lowest BCUT2D eigenvalue weighted by atomic mass is 10.0. The number of thiazole rings is 1. The summed E-state index contributed by atoms with van der Waals surface area (Å²) >= 11 is 1.70. The zero-order chi connectivity index (χ0) is 20.1. The van der Waals surface area contributed by atoms with E-state index in [0.29, 0.717) is 13.2 Å². The molecule has 3 heterocycles. The van der Waals surface area contributed by atoms with E-state index in [4.69, 9.17) is 14.1 Å². The van der Waals surface area contributed by atoms with Gasteiger partial charge in [-0.1, -0.05) is 18.2 Å². The van der Waals surface area contributed by atoms with Crippen molar-refractivity contribution in [3.63, 3.8) is 0 Å². The number of guanidine groups is 1. The molecule has 7 heteroatoms. The lowest BCUT2D eigenvalue weighted by molar-refractivity contribution is 0.261.